The zero-order valence-electron chi connectivity index (χ0n) is 9.40. The molecule has 1 saturated carbocycles. The Labute approximate surface area is 82.5 Å². The van der Waals surface area contributed by atoms with Gasteiger partial charge in [0, 0.05) is 13.1 Å². The minimum Gasteiger partial charge on any atom is -0.302 e. The molecule has 2 aliphatic rings. The van der Waals surface area contributed by atoms with Crippen LogP contribution in [0.4, 0.5) is 0 Å². The summed E-state index contributed by atoms with van der Waals surface area (Å²) in [6.07, 6.45) is 5.96. The van der Waals surface area contributed by atoms with E-state index >= 15 is 0 Å². The fourth-order valence-electron chi connectivity index (χ4n) is 2.70. The second-order valence-corrected chi connectivity index (χ2v) is 6.37. The molecule has 1 saturated heterocycles. The van der Waals surface area contributed by atoms with Gasteiger partial charge >= 0.3 is 0 Å². The van der Waals surface area contributed by atoms with E-state index < -0.39 is 0 Å². The molecule has 0 radical (unpaired) electrons. The maximum absolute atomic E-state index is 2.69. The van der Waals surface area contributed by atoms with E-state index in [-0.39, 0.29) is 0 Å². The van der Waals surface area contributed by atoms with Crippen molar-refractivity contribution in [3.8, 4) is 0 Å². The molecule has 1 aliphatic heterocycles. The van der Waals surface area contributed by atoms with Crippen molar-refractivity contribution in [3.05, 3.63) is 0 Å². The molecule has 0 unspecified atom stereocenters. The van der Waals surface area contributed by atoms with E-state index in [0.29, 0.717) is 5.41 Å². The van der Waals surface area contributed by atoms with Crippen LogP contribution < -0.4 is 0 Å². The summed E-state index contributed by atoms with van der Waals surface area (Å²) < 4.78 is 0. The summed E-state index contributed by atoms with van der Waals surface area (Å²) in [6, 6.07) is 0. The molecule has 0 N–H and O–H groups in total. The van der Waals surface area contributed by atoms with Crippen molar-refractivity contribution >= 4 is 0 Å². The van der Waals surface area contributed by atoms with E-state index in [9.17, 15) is 0 Å². The van der Waals surface area contributed by atoms with Crippen LogP contribution in [0.25, 0.3) is 0 Å². The van der Waals surface area contributed by atoms with E-state index in [1.807, 2.05) is 0 Å². The van der Waals surface area contributed by atoms with Gasteiger partial charge in [-0.15, -0.1) is 0 Å². The molecule has 2 rings (SSSR count). The van der Waals surface area contributed by atoms with E-state index in [0.717, 1.165) is 5.41 Å². The normalized spacial score (nSPS) is 27.9. The Morgan fingerprint density at radius 1 is 1.15 bits per heavy atom. The number of hydrogen-bond acceptors (Lipinski definition) is 1. The summed E-state index contributed by atoms with van der Waals surface area (Å²) in [4.78, 5) is 2.69. The molecular formula is C12H23N. The van der Waals surface area contributed by atoms with E-state index in [1.165, 1.54) is 45.3 Å². The lowest BCUT2D eigenvalue weighted by Crippen LogP contribution is -2.41. The smallest absolute Gasteiger partial charge is 0.00382 e. The van der Waals surface area contributed by atoms with Crippen LogP contribution in [0.1, 0.15) is 46.5 Å². The third kappa shape index (κ3) is 2.46. The van der Waals surface area contributed by atoms with Crippen molar-refractivity contribution in [2.45, 2.75) is 46.5 Å². The Morgan fingerprint density at radius 2 is 1.85 bits per heavy atom. The van der Waals surface area contributed by atoms with Gasteiger partial charge in [0.25, 0.3) is 0 Å². The third-order valence-electron chi connectivity index (χ3n) is 3.40. The maximum Gasteiger partial charge on any atom is 0.00382 e. The van der Waals surface area contributed by atoms with Gasteiger partial charge < -0.3 is 4.90 Å². The van der Waals surface area contributed by atoms with Gasteiger partial charge in [0.1, 0.15) is 0 Å². The van der Waals surface area contributed by atoms with Gasteiger partial charge in [-0.2, -0.15) is 0 Å². The average molecular weight is 181 g/mol. The lowest BCUT2D eigenvalue weighted by Gasteiger charge is -2.36. The highest BCUT2D eigenvalue weighted by Gasteiger charge is 2.45. The number of hydrogen-bond donors (Lipinski definition) is 0. The second-order valence-electron chi connectivity index (χ2n) is 6.37. The van der Waals surface area contributed by atoms with Crippen molar-refractivity contribution in [1.82, 2.24) is 4.90 Å². The summed E-state index contributed by atoms with van der Waals surface area (Å²) in [7, 11) is 0. The first-order chi connectivity index (χ1) is 5.99. The first-order valence-corrected chi connectivity index (χ1v) is 5.72. The highest BCUT2D eigenvalue weighted by atomic mass is 15.1. The molecular weight excluding hydrogens is 158 g/mol. The molecule has 1 spiro atoms. The zero-order chi connectivity index (χ0) is 9.53. The molecule has 0 aromatic heterocycles. The van der Waals surface area contributed by atoms with Crippen molar-refractivity contribution in [2.24, 2.45) is 10.8 Å². The van der Waals surface area contributed by atoms with Gasteiger partial charge in [-0.3, -0.25) is 0 Å². The molecule has 0 atom stereocenters. The lowest BCUT2D eigenvalue weighted by atomic mass is 9.91. The van der Waals surface area contributed by atoms with Gasteiger partial charge in [-0.25, -0.2) is 0 Å². The molecule has 1 nitrogen and oxygen atoms in total. The SMILES string of the molecule is CC(C)(C)CN1CCCC2(CC2)C1. The molecule has 1 heteroatoms. The van der Waals surface area contributed by atoms with Crippen LogP contribution in [-0.2, 0) is 0 Å². The summed E-state index contributed by atoms with van der Waals surface area (Å²) in [5.74, 6) is 0. The molecule has 0 bridgehead atoms. The van der Waals surface area contributed by atoms with Gasteiger partial charge in [-0.1, -0.05) is 20.8 Å². The molecule has 13 heavy (non-hydrogen) atoms. The van der Waals surface area contributed by atoms with Crippen LogP contribution in [-0.4, -0.2) is 24.5 Å². The predicted octanol–water partition coefficient (Wildman–Crippen LogP) is 2.91. The fourth-order valence-corrected chi connectivity index (χ4v) is 2.70. The first-order valence-electron chi connectivity index (χ1n) is 5.72. The largest absolute Gasteiger partial charge is 0.302 e. The van der Waals surface area contributed by atoms with E-state index in [2.05, 4.69) is 25.7 Å². The van der Waals surface area contributed by atoms with Crippen molar-refractivity contribution in [3.63, 3.8) is 0 Å². The Balaban J connectivity index is 1.86. The van der Waals surface area contributed by atoms with Crippen LogP contribution in [0, 0.1) is 10.8 Å². The maximum atomic E-state index is 2.69. The molecule has 0 amide bonds. The predicted molar refractivity (Wildman–Crippen MR) is 56.8 cm³/mol. The quantitative estimate of drug-likeness (QED) is 0.601. The van der Waals surface area contributed by atoms with Gasteiger partial charge in [0.2, 0.25) is 0 Å². The van der Waals surface area contributed by atoms with Gasteiger partial charge in [0.15, 0.2) is 0 Å². The number of rotatable bonds is 1. The Bertz CT molecular complexity index is 184. The standard InChI is InChI=1S/C12H23N/c1-11(2,3)9-13-8-4-5-12(10-13)6-7-12/h4-10H2,1-3H3. The highest BCUT2D eigenvalue weighted by Crippen LogP contribution is 2.52. The Hall–Kier alpha value is -0.0400. The molecule has 1 heterocycles. The monoisotopic (exact) mass is 181 g/mol. The molecule has 76 valence electrons. The number of piperidine rings is 1. The summed E-state index contributed by atoms with van der Waals surface area (Å²) in [5.41, 5.74) is 1.27. The Morgan fingerprint density at radius 3 is 2.38 bits per heavy atom. The van der Waals surface area contributed by atoms with Crippen LogP contribution in [0.2, 0.25) is 0 Å². The third-order valence-corrected chi connectivity index (χ3v) is 3.40. The van der Waals surface area contributed by atoms with Crippen LogP contribution in [0.15, 0.2) is 0 Å². The lowest BCUT2D eigenvalue weighted by molar-refractivity contribution is 0.118. The molecule has 1 aliphatic carbocycles. The molecule has 0 aromatic carbocycles. The topological polar surface area (TPSA) is 3.24 Å². The average Bonchev–Trinajstić information content (AvgIpc) is 2.65. The summed E-state index contributed by atoms with van der Waals surface area (Å²) in [6.45, 7) is 11.1. The zero-order valence-corrected chi connectivity index (χ0v) is 9.40. The van der Waals surface area contributed by atoms with Gasteiger partial charge in [0.05, 0.1) is 0 Å². The van der Waals surface area contributed by atoms with E-state index in [4.69, 9.17) is 0 Å². The summed E-state index contributed by atoms with van der Waals surface area (Å²) >= 11 is 0. The Kier molecular flexibility index (Phi) is 2.18. The van der Waals surface area contributed by atoms with Crippen LogP contribution in [0.5, 0.6) is 0 Å². The molecule has 0 aromatic rings. The van der Waals surface area contributed by atoms with Crippen LogP contribution >= 0.6 is 0 Å². The minimum absolute atomic E-state index is 0.480. The fraction of sp³-hybridized carbons (Fsp3) is 1.00. The van der Waals surface area contributed by atoms with Crippen molar-refractivity contribution in [1.29, 1.82) is 0 Å². The van der Waals surface area contributed by atoms with Gasteiger partial charge in [-0.05, 0) is 43.1 Å². The second kappa shape index (κ2) is 2.98. The minimum atomic E-state index is 0.480. The van der Waals surface area contributed by atoms with E-state index in [1.54, 1.807) is 0 Å². The highest BCUT2D eigenvalue weighted by molar-refractivity contribution is 4.98. The van der Waals surface area contributed by atoms with Crippen LogP contribution in [0.3, 0.4) is 0 Å². The first kappa shape index (κ1) is 9.51. The van der Waals surface area contributed by atoms with Crippen molar-refractivity contribution < 1.29 is 0 Å². The van der Waals surface area contributed by atoms with Crippen molar-refractivity contribution in [2.75, 3.05) is 19.6 Å². The number of likely N-dealkylation sites (tertiary alicyclic amines) is 1. The number of nitrogens with zero attached hydrogens (tertiary/aromatic N) is 1. The summed E-state index contributed by atoms with van der Waals surface area (Å²) in [5, 5.41) is 0. The molecule has 2 fully saturated rings.